The molecule has 0 radical (unpaired) electrons. The van der Waals surface area contributed by atoms with E-state index < -0.39 is 24.6 Å². The quantitative estimate of drug-likeness (QED) is 0.623. The summed E-state index contributed by atoms with van der Waals surface area (Å²) in [5, 5.41) is 0. The monoisotopic (exact) mass is 186 g/mol. The predicted octanol–water partition coefficient (Wildman–Crippen LogP) is 1.47. The van der Waals surface area contributed by atoms with E-state index in [1.165, 1.54) is 13.8 Å². The molecule has 1 unspecified atom stereocenters. The first kappa shape index (κ1) is 11.2. The van der Waals surface area contributed by atoms with Crippen LogP contribution in [0, 0.1) is 0 Å². The van der Waals surface area contributed by atoms with Crippen LogP contribution in [0.15, 0.2) is 0 Å². The van der Waals surface area contributed by atoms with E-state index in [1.807, 2.05) is 0 Å². The average molecular weight is 186 g/mol. The molecule has 0 aromatic heterocycles. The lowest BCUT2D eigenvalue weighted by Crippen LogP contribution is -2.39. The summed E-state index contributed by atoms with van der Waals surface area (Å²) in [7, 11) is 0. The topological polar surface area (TPSA) is 35.5 Å². The number of esters is 1. The van der Waals surface area contributed by atoms with Crippen molar-refractivity contribution in [2.45, 2.75) is 25.8 Å². The van der Waals surface area contributed by atoms with E-state index in [4.69, 9.17) is 0 Å². The number of hydrogen-bond donors (Lipinski definition) is 0. The van der Waals surface area contributed by atoms with Gasteiger partial charge in [0.25, 0.3) is 0 Å². The van der Waals surface area contributed by atoms with Crippen LogP contribution in [-0.4, -0.2) is 24.6 Å². The average Bonchev–Trinajstić information content (AvgIpc) is 2.02. The predicted molar refractivity (Wildman–Crippen MR) is 33.2 cm³/mol. The number of ether oxygens (including phenoxy) is 1. The first-order valence-corrected chi connectivity index (χ1v) is 3.22. The van der Waals surface area contributed by atoms with Crippen molar-refractivity contribution in [3.63, 3.8) is 0 Å². The maximum Gasteiger partial charge on any atom is 0.378 e. The number of hydrogen-bond acceptors (Lipinski definition) is 3. The highest BCUT2D eigenvalue weighted by atomic mass is 19.3. The van der Waals surface area contributed by atoms with Crippen LogP contribution in [0.5, 0.6) is 0 Å². The Hall–Kier alpha value is -0.780. The zero-order valence-corrected chi connectivity index (χ0v) is 6.64. The van der Waals surface area contributed by atoms with Crippen LogP contribution in [0.4, 0.5) is 13.3 Å². The van der Waals surface area contributed by atoms with Crippen molar-refractivity contribution in [1.82, 2.24) is 0 Å². The molecular formula is C6H9F3O3. The molecule has 1 atom stereocenters. The zero-order chi connectivity index (χ0) is 9.78. The maximum absolute atomic E-state index is 12.6. The molecular weight excluding hydrogens is 177 g/mol. The van der Waals surface area contributed by atoms with E-state index in [9.17, 15) is 18.1 Å². The molecule has 0 N–H and O–H groups in total. The van der Waals surface area contributed by atoms with Gasteiger partial charge in [-0.15, -0.1) is 4.94 Å². The fourth-order valence-corrected chi connectivity index (χ4v) is 0.409. The Bertz CT molecular complexity index is 156. The molecule has 0 saturated heterocycles. The van der Waals surface area contributed by atoms with Crippen molar-refractivity contribution in [2.24, 2.45) is 0 Å². The second-order valence-electron chi connectivity index (χ2n) is 2.39. The normalized spacial score (nSPS) is 15.8. The molecule has 0 rings (SSSR count). The van der Waals surface area contributed by atoms with E-state index >= 15 is 0 Å². The van der Waals surface area contributed by atoms with Gasteiger partial charge < -0.3 is 4.74 Å². The third-order valence-corrected chi connectivity index (χ3v) is 0.942. The molecule has 0 aliphatic carbocycles. The third kappa shape index (κ3) is 2.69. The molecule has 0 aromatic rings. The van der Waals surface area contributed by atoms with Crippen LogP contribution in [0.1, 0.15) is 13.8 Å². The van der Waals surface area contributed by atoms with Gasteiger partial charge in [-0.1, -0.05) is 0 Å². The highest BCUT2D eigenvalue weighted by Gasteiger charge is 2.44. The second-order valence-corrected chi connectivity index (χ2v) is 2.39. The van der Waals surface area contributed by atoms with Gasteiger partial charge in [-0.05, 0) is 18.4 Å². The Morgan fingerprint density at radius 2 is 2.08 bits per heavy atom. The van der Waals surface area contributed by atoms with E-state index in [1.54, 1.807) is 0 Å². The lowest BCUT2D eigenvalue weighted by atomic mass is 10.3. The molecule has 0 heterocycles. The minimum atomic E-state index is -3.62. The van der Waals surface area contributed by atoms with Crippen LogP contribution >= 0.6 is 0 Å². The molecule has 0 spiro atoms. The smallest absolute Gasteiger partial charge is 0.378 e. The summed E-state index contributed by atoms with van der Waals surface area (Å²) in [4.78, 5) is 13.1. The first-order valence-electron chi connectivity index (χ1n) is 3.22. The minimum Gasteiger partial charge on any atom is -0.459 e. The SMILES string of the molecule is CC(C)OC(=O)C(F)(CF)OF. The van der Waals surface area contributed by atoms with Crippen molar-refractivity contribution >= 4 is 5.97 Å². The van der Waals surface area contributed by atoms with Gasteiger partial charge in [-0.25, -0.2) is 9.18 Å². The number of halogens is 3. The van der Waals surface area contributed by atoms with E-state index in [0.29, 0.717) is 0 Å². The minimum absolute atomic E-state index is 0.658. The standard InChI is InChI=1S/C6H9F3O3/c1-4(2)11-5(10)6(8,3-7)12-9/h4H,3H2,1-2H3. The number of carbonyl (C=O) groups excluding carboxylic acids is 1. The van der Waals surface area contributed by atoms with Gasteiger partial charge in [-0.2, -0.15) is 4.39 Å². The van der Waals surface area contributed by atoms with E-state index in [0.717, 1.165) is 0 Å². The molecule has 3 nitrogen and oxygen atoms in total. The van der Waals surface area contributed by atoms with Crippen molar-refractivity contribution < 1.29 is 27.8 Å². The Morgan fingerprint density at radius 3 is 2.33 bits per heavy atom. The Morgan fingerprint density at radius 1 is 1.58 bits per heavy atom. The van der Waals surface area contributed by atoms with Crippen LogP contribution in [0.2, 0.25) is 0 Å². The molecule has 0 aliphatic heterocycles. The fourth-order valence-electron chi connectivity index (χ4n) is 0.409. The molecule has 0 amide bonds. The molecule has 0 fully saturated rings. The Balaban J connectivity index is 4.22. The molecule has 72 valence electrons. The van der Waals surface area contributed by atoms with Gasteiger partial charge >= 0.3 is 11.8 Å². The number of rotatable bonds is 4. The van der Waals surface area contributed by atoms with Crippen LogP contribution < -0.4 is 0 Å². The van der Waals surface area contributed by atoms with Crippen LogP contribution in [0.3, 0.4) is 0 Å². The van der Waals surface area contributed by atoms with Crippen molar-refractivity contribution in [2.75, 3.05) is 6.67 Å². The maximum atomic E-state index is 12.6. The Labute approximate surface area is 67.3 Å². The van der Waals surface area contributed by atoms with Gasteiger partial charge in [0.15, 0.2) is 6.67 Å². The highest BCUT2D eigenvalue weighted by molar-refractivity contribution is 5.77. The highest BCUT2D eigenvalue weighted by Crippen LogP contribution is 2.17. The van der Waals surface area contributed by atoms with Gasteiger partial charge in [0.05, 0.1) is 6.10 Å². The van der Waals surface area contributed by atoms with Gasteiger partial charge in [-0.3, -0.25) is 0 Å². The first-order chi connectivity index (χ1) is 5.46. The second kappa shape index (κ2) is 4.30. The van der Waals surface area contributed by atoms with Crippen molar-refractivity contribution in [3.8, 4) is 0 Å². The molecule has 0 aromatic carbocycles. The molecule has 6 heteroatoms. The largest absolute Gasteiger partial charge is 0.459 e. The summed E-state index contributed by atoms with van der Waals surface area (Å²) >= 11 is 0. The Kier molecular flexibility index (Phi) is 4.02. The van der Waals surface area contributed by atoms with E-state index in [-0.39, 0.29) is 0 Å². The number of alkyl halides is 2. The summed E-state index contributed by atoms with van der Waals surface area (Å²) in [6.07, 6.45) is -0.658. The summed E-state index contributed by atoms with van der Waals surface area (Å²) in [6.45, 7) is 0.901. The van der Waals surface area contributed by atoms with Crippen molar-refractivity contribution in [3.05, 3.63) is 0 Å². The fraction of sp³-hybridized carbons (Fsp3) is 0.833. The summed E-state index contributed by atoms with van der Waals surface area (Å²) in [5.74, 6) is -5.33. The molecule has 0 aliphatic rings. The van der Waals surface area contributed by atoms with Gasteiger partial charge in [0.2, 0.25) is 0 Å². The van der Waals surface area contributed by atoms with Gasteiger partial charge in [0.1, 0.15) is 0 Å². The lowest BCUT2D eigenvalue weighted by Gasteiger charge is -2.16. The van der Waals surface area contributed by atoms with Crippen molar-refractivity contribution in [1.29, 1.82) is 0 Å². The van der Waals surface area contributed by atoms with Gasteiger partial charge in [0, 0.05) is 0 Å². The van der Waals surface area contributed by atoms with Crippen LogP contribution in [0.25, 0.3) is 0 Å². The third-order valence-electron chi connectivity index (χ3n) is 0.942. The summed E-state index contributed by atoms with van der Waals surface area (Å²) in [5.41, 5.74) is 0. The number of carbonyl (C=O) groups is 1. The summed E-state index contributed by atoms with van der Waals surface area (Å²) < 4.78 is 39.8. The molecule has 0 saturated carbocycles. The zero-order valence-electron chi connectivity index (χ0n) is 6.64. The van der Waals surface area contributed by atoms with Crippen LogP contribution in [-0.2, 0) is 14.5 Å². The lowest BCUT2D eigenvalue weighted by molar-refractivity contribution is -0.295. The molecule has 0 bridgehead atoms. The molecule has 12 heavy (non-hydrogen) atoms. The summed E-state index contributed by atoms with van der Waals surface area (Å²) in [6, 6.07) is 0. The van der Waals surface area contributed by atoms with E-state index in [2.05, 4.69) is 9.68 Å².